The van der Waals surface area contributed by atoms with E-state index >= 15 is 0 Å². The Kier molecular flexibility index (Phi) is 5.24. The quantitative estimate of drug-likeness (QED) is 0.784. The van der Waals surface area contributed by atoms with E-state index in [1.807, 2.05) is 32.8 Å². The minimum atomic E-state index is -3.72. The van der Waals surface area contributed by atoms with Gasteiger partial charge in [-0.2, -0.15) is 0 Å². The van der Waals surface area contributed by atoms with Crippen LogP contribution in [0.3, 0.4) is 0 Å². The highest BCUT2D eigenvalue weighted by molar-refractivity contribution is 8.13. The second-order valence-electron chi connectivity index (χ2n) is 4.86. The van der Waals surface area contributed by atoms with Crippen LogP contribution in [0.1, 0.15) is 16.7 Å². The van der Waals surface area contributed by atoms with E-state index in [2.05, 4.69) is 0 Å². The molecule has 0 saturated carbocycles. The molecule has 108 valence electrons. The Bertz CT molecular complexity index is 568. The highest BCUT2D eigenvalue weighted by atomic mass is 35.7. The van der Waals surface area contributed by atoms with Gasteiger partial charge in [0, 0.05) is 17.2 Å². The molecule has 0 N–H and O–H groups in total. The Morgan fingerprint density at radius 3 is 2.26 bits per heavy atom. The van der Waals surface area contributed by atoms with Gasteiger partial charge in [0.2, 0.25) is 0 Å². The normalized spacial score (nSPS) is 11.9. The lowest BCUT2D eigenvalue weighted by Gasteiger charge is -2.17. The van der Waals surface area contributed by atoms with Crippen LogP contribution in [-0.2, 0) is 9.05 Å². The van der Waals surface area contributed by atoms with Crippen molar-refractivity contribution in [3.8, 4) is 5.75 Å². The third-order valence-corrected chi connectivity index (χ3v) is 4.47. The van der Waals surface area contributed by atoms with Crippen molar-refractivity contribution in [3.05, 3.63) is 22.8 Å². The van der Waals surface area contributed by atoms with Gasteiger partial charge in [0.25, 0.3) is 9.05 Å². The van der Waals surface area contributed by atoms with Gasteiger partial charge < -0.3 is 9.64 Å². The molecule has 1 aromatic carbocycles. The van der Waals surface area contributed by atoms with E-state index in [1.54, 1.807) is 13.0 Å². The maximum atomic E-state index is 11.5. The summed E-state index contributed by atoms with van der Waals surface area (Å²) >= 11 is 0. The summed E-state index contributed by atoms with van der Waals surface area (Å²) in [6, 6.07) is 1.57. The van der Waals surface area contributed by atoms with E-state index < -0.39 is 9.05 Å². The van der Waals surface area contributed by atoms with Gasteiger partial charge in [0.1, 0.15) is 12.4 Å². The second kappa shape index (κ2) is 6.11. The number of aryl methyl sites for hydroxylation is 1. The molecule has 0 radical (unpaired) electrons. The second-order valence-corrected chi connectivity index (χ2v) is 7.39. The van der Waals surface area contributed by atoms with Crippen molar-refractivity contribution < 1.29 is 13.2 Å². The zero-order valence-electron chi connectivity index (χ0n) is 11.9. The van der Waals surface area contributed by atoms with Crippen LogP contribution in [0.2, 0.25) is 0 Å². The molecule has 0 saturated heterocycles. The summed E-state index contributed by atoms with van der Waals surface area (Å²) < 4.78 is 28.7. The summed E-state index contributed by atoms with van der Waals surface area (Å²) in [5.74, 6) is 0.739. The van der Waals surface area contributed by atoms with E-state index in [0.29, 0.717) is 12.2 Å². The number of benzene rings is 1. The van der Waals surface area contributed by atoms with Gasteiger partial charge in [-0.15, -0.1) is 0 Å². The number of hydrogen-bond acceptors (Lipinski definition) is 4. The van der Waals surface area contributed by atoms with Gasteiger partial charge in [-0.05, 0) is 57.6 Å². The number of rotatable bonds is 5. The monoisotopic (exact) mass is 305 g/mol. The fourth-order valence-corrected chi connectivity index (χ4v) is 3.14. The molecule has 19 heavy (non-hydrogen) atoms. The molecule has 0 amide bonds. The first-order valence-corrected chi connectivity index (χ1v) is 8.28. The van der Waals surface area contributed by atoms with Gasteiger partial charge in [-0.25, -0.2) is 8.42 Å². The van der Waals surface area contributed by atoms with Gasteiger partial charge in [0.15, 0.2) is 0 Å². The Morgan fingerprint density at radius 2 is 1.79 bits per heavy atom. The molecule has 0 atom stereocenters. The molecular weight excluding hydrogens is 286 g/mol. The fourth-order valence-electron chi connectivity index (χ4n) is 1.83. The lowest BCUT2D eigenvalue weighted by atomic mass is 10.1. The maximum absolute atomic E-state index is 11.5. The van der Waals surface area contributed by atoms with Crippen LogP contribution in [-0.4, -0.2) is 40.6 Å². The Morgan fingerprint density at radius 1 is 1.21 bits per heavy atom. The molecule has 0 unspecified atom stereocenters. The fraction of sp³-hybridized carbons (Fsp3) is 0.538. The topological polar surface area (TPSA) is 46.6 Å². The van der Waals surface area contributed by atoms with Gasteiger partial charge in [-0.3, -0.25) is 0 Å². The number of halogens is 1. The summed E-state index contributed by atoms with van der Waals surface area (Å²) in [7, 11) is 5.65. The molecule has 6 heteroatoms. The van der Waals surface area contributed by atoms with Crippen LogP contribution < -0.4 is 4.74 Å². The van der Waals surface area contributed by atoms with E-state index in [0.717, 1.165) is 23.4 Å². The Hall–Kier alpha value is -0.780. The third-order valence-electron chi connectivity index (χ3n) is 3.03. The molecule has 1 aromatic rings. The largest absolute Gasteiger partial charge is 0.492 e. The molecular formula is C13H20ClNO3S. The molecule has 0 aliphatic heterocycles. The number of nitrogens with zero attached hydrogens (tertiary/aromatic N) is 1. The zero-order valence-corrected chi connectivity index (χ0v) is 13.5. The first kappa shape index (κ1) is 16.3. The van der Waals surface area contributed by atoms with Crippen molar-refractivity contribution in [3.63, 3.8) is 0 Å². The first-order chi connectivity index (χ1) is 8.64. The van der Waals surface area contributed by atoms with E-state index in [9.17, 15) is 8.42 Å². The predicted molar refractivity (Wildman–Crippen MR) is 77.7 cm³/mol. The summed E-state index contributed by atoms with van der Waals surface area (Å²) in [6.07, 6.45) is 0. The van der Waals surface area contributed by atoms with Gasteiger partial charge in [0.05, 0.1) is 4.90 Å². The van der Waals surface area contributed by atoms with Crippen LogP contribution in [0.4, 0.5) is 0 Å². The summed E-state index contributed by atoms with van der Waals surface area (Å²) in [4.78, 5) is 2.18. The van der Waals surface area contributed by atoms with Crippen molar-refractivity contribution in [2.45, 2.75) is 25.7 Å². The highest BCUT2D eigenvalue weighted by Crippen LogP contribution is 2.32. The average Bonchev–Trinajstić information content (AvgIpc) is 2.26. The van der Waals surface area contributed by atoms with E-state index in [4.69, 9.17) is 15.4 Å². The molecule has 4 nitrogen and oxygen atoms in total. The minimum absolute atomic E-state index is 0.157. The minimum Gasteiger partial charge on any atom is -0.492 e. The number of ether oxygens (including phenoxy) is 1. The molecule has 0 aliphatic rings. The van der Waals surface area contributed by atoms with Crippen LogP contribution >= 0.6 is 10.7 Å². The highest BCUT2D eigenvalue weighted by Gasteiger charge is 2.19. The van der Waals surface area contributed by atoms with E-state index in [-0.39, 0.29) is 4.90 Å². The maximum Gasteiger partial charge on any atom is 0.261 e. The molecule has 0 fully saturated rings. The number of hydrogen-bond donors (Lipinski definition) is 0. The summed E-state index contributed by atoms with van der Waals surface area (Å²) in [5, 5.41) is 0. The van der Waals surface area contributed by atoms with Gasteiger partial charge in [-0.1, -0.05) is 0 Å². The van der Waals surface area contributed by atoms with Gasteiger partial charge >= 0.3 is 0 Å². The standard InChI is InChI=1S/C13H20ClNO3S/c1-9-8-12(19(14,16)17)10(2)11(3)13(9)18-7-6-15(4)5/h8H,6-7H2,1-5H3. The van der Waals surface area contributed by atoms with Crippen molar-refractivity contribution in [2.24, 2.45) is 0 Å². The first-order valence-electron chi connectivity index (χ1n) is 5.97. The third kappa shape index (κ3) is 4.09. The van der Waals surface area contributed by atoms with Crippen LogP contribution in [0, 0.1) is 20.8 Å². The smallest absolute Gasteiger partial charge is 0.261 e. The molecule has 0 heterocycles. The molecule has 0 bridgehead atoms. The van der Waals surface area contributed by atoms with Crippen molar-refractivity contribution >= 4 is 19.7 Å². The summed E-state index contributed by atoms with van der Waals surface area (Å²) in [5.41, 5.74) is 2.24. The predicted octanol–water partition coefficient (Wildman–Crippen LogP) is 2.48. The van der Waals surface area contributed by atoms with Crippen molar-refractivity contribution in [2.75, 3.05) is 27.2 Å². The SMILES string of the molecule is Cc1cc(S(=O)(=O)Cl)c(C)c(C)c1OCCN(C)C. The zero-order chi connectivity index (χ0) is 14.8. The van der Waals surface area contributed by atoms with Crippen LogP contribution in [0.25, 0.3) is 0 Å². The van der Waals surface area contributed by atoms with E-state index in [1.165, 1.54) is 0 Å². The Labute approximate surface area is 119 Å². The summed E-state index contributed by atoms with van der Waals surface area (Å²) in [6.45, 7) is 6.76. The van der Waals surface area contributed by atoms with Crippen molar-refractivity contribution in [1.29, 1.82) is 0 Å². The molecule has 0 spiro atoms. The van der Waals surface area contributed by atoms with Crippen molar-refractivity contribution in [1.82, 2.24) is 4.90 Å². The van der Waals surface area contributed by atoms with Crippen LogP contribution in [0.15, 0.2) is 11.0 Å². The lowest BCUT2D eigenvalue weighted by Crippen LogP contribution is -2.20. The van der Waals surface area contributed by atoms with Crippen LogP contribution in [0.5, 0.6) is 5.75 Å². The lowest BCUT2D eigenvalue weighted by molar-refractivity contribution is 0.258. The molecule has 1 rings (SSSR count). The Balaban J connectivity index is 3.13. The average molecular weight is 306 g/mol. The molecule has 0 aliphatic carbocycles. The number of likely N-dealkylation sites (N-methyl/N-ethyl adjacent to an activating group) is 1. The molecule has 0 aromatic heterocycles.